The summed E-state index contributed by atoms with van der Waals surface area (Å²) in [7, 11) is 0. The normalized spacial score (nSPS) is 13.2. The Labute approximate surface area is 353 Å². The summed E-state index contributed by atoms with van der Waals surface area (Å²) in [6, 6.07) is 73.7. The monoisotopic (exact) mass is 777 g/mol. The molecule has 0 bridgehead atoms. The van der Waals surface area contributed by atoms with Gasteiger partial charge in [-0.05, 0) is 132 Å². The molecule has 0 spiro atoms. The van der Waals surface area contributed by atoms with Crippen LogP contribution in [-0.2, 0) is 5.41 Å². The topological polar surface area (TPSA) is 18.1 Å². The Morgan fingerprint density at radius 2 is 0.951 bits per heavy atom. The van der Waals surface area contributed by atoms with Crippen molar-refractivity contribution < 1.29 is 4.42 Å². The van der Waals surface area contributed by atoms with Crippen LogP contribution < -0.4 is 0 Å². The first kappa shape index (κ1) is 34.2. The van der Waals surface area contributed by atoms with Gasteiger partial charge in [0.2, 0.25) is 0 Å². The zero-order valence-corrected chi connectivity index (χ0v) is 33.9. The molecule has 2 heterocycles. The lowest BCUT2D eigenvalue weighted by Crippen LogP contribution is -2.15. The number of rotatable bonds is 4. The van der Waals surface area contributed by atoms with Crippen molar-refractivity contribution in [3.63, 3.8) is 0 Å². The van der Waals surface area contributed by atoms with E-state index in [2.05, 4.69) is 219 Å². The van der Waals surface area contributed by atoms with Gasteiger partial charge in [-0.2, -0.15) is 0 Å². The van der Waals surface area contributed by atoms with Gasteiger partial charge < -0.3 is 8.98 Å². The molecular formula is C59H39NO. The van der Waals surface area contributed by atoms with Gasteiger partial charge in [-0.3, -0.25) is 0 Å². The largest absolute Gasteiger partial charge is 0.456 e. The van der Waals surface area contributed by atoms with Gasteiger partial charge in [0.25, 0.3) is 0 Å². The van der Waals surface area contributed by atoms with E-state index in [9.17, 15) is 0 Å². The number of fused-ring (bicyclic) bond motifs is 13. The molecule has 0 aliphatic heterocycles. The molecule has 0 unspecified atom stereocenters. The minimum absolute atomic E-state index is 0.237. The molecule has 0 saturated heterocycles. The summed E-state index contributed by atoms with van der Waals surface area (Å²) in [6.07, 6.45) is 0. The fourth-order valence-corrected chi connectivity index (χ4v) is 10.6. The number of aromatic nitrogens is 1. The zero-order chi connectivity index (χ0) is 40.4. The number of benzene rings is 10. The summed E-state index contributed by atoms with van der Waals surface area (Å²) < 4.78 is 8.87. The highest BCUT2D eigenvalue weighted by Gasteiger charge is 2.38. The smallest absolute Gasteiger partial charge is 0.135 e. The van der Waals surface area contributed by atoms with Gasteiger partial charge in [0, 0.05) is 32.6 Å². The molecular weight excluding hydrogens is 739 g/mol. The SMILES string of the molecule is CC1(C)c2cc(-n3c4ccc(-c5ccc(-c6ccccc6)cc5)cc4c4cc(-c5ccc6c(ccc7ccccc76)c5)ccc43)ccc2-c2ccc3oc4ccccc4c3c21. The molecule has 12 aromatic rings. The average molecular weight is 778 g/mol. The molecule has 0 amide bonds. The van der Waals surface area contributed by atoms with Crippen molar-refractivity contribution >= 4 is 65.3 Å². The van der Waals surface area contributed by atoms with Gasteiger partial charge in [0.15, 0.2) is 0 Å². The van der Waals surface area contributed by atoms with E-state index in [-0.39, 0.29) is 5.41 Å². The van der Waals surface area contributed by atoms with Gasteiger partial charge in [0.1, 0.15) is 11.2 Å². The molecule has 2 nitrogen and oxygen atoms in total. The molecule has 61 heavy (non-hydrogen) atoms. The van der Waals surface area contributed by atoms with Crippen LogP contribution in [0, 0.1) is 0 Å². The maximum absolute atomic E-state index is 6.39. The minimum Gasteiger partial charge on any atom is -0.456 e. The van der Waals surface area contributed by atoms with E-state index in [1.165, 1.54) is 115 Å². The van der Waals surface area contributed by atoms with Crippen LogP contribution in [0.15, 0.2) is 205 Å². The van der Waals surface area contributed by atoms with Crippen molar-refractivity contribution in [2.75, 3.05) is 0 Å². The summed E-state index contributed by atoms with van der Waals surface area (Å²) in [5, 5.41) is 9.98. The molecule has 0 atom stereocenters. The maximum Gasteiger partial charge on any atom is 0.135 e. The summed E-state index contributed by atoms with van der Waals surface area (Å²) >= 11 is 0. The predicted molar refractivity (Wildman–Crippen MR) is 257 cm³/mol. The molecule has 2 heteroatoms. The number of hydrogen-bond donors (Lipinski definition) is 0. The Kier molecular flexibility index (Phi) is 7.10. The van der Waals surface area contributed by atoms with Gasteiger partial charge in [-0.1, -0.05) is 159 Å². The lowest BCUT2D eigenvalue weighted by atomic mass is 9.80. The second-order valence-corrected chi connectivity index (χ2v) is 17.3. The Balaban J connectivity index is 0.992. The number of hydrogen-bond acceptors (Lipinski definition) is 1. The third-order valence-electron chi connectivity index (χ3n) is 13.6. The van der Waals surface area contributed by atoms with Crippen molar-refractivity contribution in [2.45, 2.75) is 19.3 Å². The Morgan fingerprint density at radius 1 is 0.377 bits per heavy atom. The second-order valence-electron chi connectivity index (χ2n) is 17.3. The first-order valence-electron chi connectivity index (χ1n) is 21.2. The van der Waals surface area contributed by atoms with Crippen LogP contribution in [-0.4, -0.2) is 4.57 Å². The summed E-state index contributed by atoms with van der Waals surface area (Å²) in [5.41, 5.74) is 17.8. The highest BCUT2D eigenvalue weighted by atomic mass is 16.3. The summed E-state index contributed by atoms with van der Waals surface area (Å²) in [4.78, 5) is 0. The molecule has 0 fully saturated rings. The Bertz CT molecular complexity index is 3770. The molecule has 1 aliphatic rings. The van der Waals surface area contributed by atoms with Crippen LogP contribution >= 0.6 is 0 Å². The second kappa shape index (κ2) is 12.7. The first-order valence-corrected chi connectivity index (χ1v) is 21.2. The van der Waals surface area contributed by atoms with Gasteiger partial charge in [-0.15, -0.1) is 0 Å². The molecule has 2 aromatic heterocycles. The number of furan rings is 1. The number of nitrogens with zero attached hydrogens (tertiary/aromatic N) is 1. The molecule has 0 N–H and O–H groups in total. The third kappa shape index (κ3) is 5.03. The van der Waals surface area contributed by atoms with Gasteiger partial charge in [0.05, 0.1) is 11.0 Å². The quantitative estimate of drug-likeness (QED) is 0.163. The molecule has 0 saturated carbocycles. The maximum atomic E-state index is 6.39. The van der Waals surface area contributed by atoms with Crippen molar-refractivity contribution in [3.05, 3.63) is 211 Å². The van der Waals surface area contributed by atoms with Crippen LogP contribution in [0.2, 0.25) is 0 Å². The predicted octanol–water partition coefficient (Wildman–Crippen LogP) is 16.3. The van der Waals surface area contributed by atoms with Crippen molar-refractivity contribution in [1.82, 2.24) is 4.57 Å². The van der Waals surface area contributed by atoms with E-state index < -0.39 is 0 Å². The van der Waals surface area contributed by atoms with E-state index in [4.69, 9.17) is 4.42 Å². The highest BCUT2D eigenvalue weighted by Crippen LogP contribution is 2.54. The summed E-state index contributed by atoms with van der Waals surface area (Å²) in [6.45, 7) is 4.76. The van der Waals surface area contributed by atoms with E-state index in [1.807, 2.05) is 0 Å². The van der Waals surface area contributed by atoms with Crippen LogP contribution in [0.1, 0.15) is 25.0 Å². The Hall–Kier alpha value is -7.68. The molecule has 0 radical (unpaired) electrons. The van der Waals surface area contributed by atoms with Crippen LogP contribution in [0.5, 0.6) is 0 Å². The summed E-state index contributed by atoms with van der Waals surface area (Å²) in [5.74, 6) is 0. The minimum atomic E-state index is -0.237. The van der Waals surface area contributed by atoms with Crippen LogP contribution in [0.25, 0.3) is 115 Å². The van der Waals surface area contributed by atoms with Gasteiger partial charge in [-0.25, -0.2) is 0 Å². The molecule has 13 rings (SSSR count). The van der Waals surface area contributed by atoms with Gasteiger partial charge >= 0.3 is 0 Å². The third-order valence-corrected chi connectivity index (χ3v) is 13.6. The highest BCUT2D eigenvalue weighted by molar-refractivity contribution is 6.14. The molecule has 1 aliphatic carbocycles. The standard InChI is InChI=1S/C59H39NO/c1-59(2)52-35-44(25-27-47(52)48-28-31-56-57(58(48)59)49-14-8-9-15-55(49)61-56)60-53-29-23-41(38-18-16-37(17-19-38)36-10-4-3-5-11-36)33-50(53)51-34-42(24-30-54(51)60)40-22-26-46-43(32-40)21-20-39-12-6-7-13-45(39)46/h3-35H,1-2H3. The van der Waals surface area contributed by atoms with Crippen molar-refractivity contribution in [2.24, 2.45) is 0 Å². The van der Waals surface area contributed by atoms with E-state index in [1.54, 1.807) is 0 Å². The lowest BCUT2D eigenvalue weighted by Gasteiger charge is -2.23. The van der Waals surface area contributed by atoms with E-state index >= 15 is 0 Å². The molecule has 10 aromatic carbocycles. The molecule has 286 valence electrons. The van der Waals surface area contributed by atoms with E-state index in [0.717, 1.165) is 11.2 Å². The van der Waals surface area contributed by atoms with Crippen molar-refractivity contribution in [3.8, 4) is 50.2 Å². The number of para-hydroxylation sites is 1. The fraction of sp³-hybridized carbons (Fsp3) is 0.0508. The van der Waals surface area contributed by atoms with E-state index in [0.29, 0.717) is 0 Å². The average Bonchev–Trinajstić information content (AvgIpc) is 3.93. The first-order chi connectivity index (χ1) is 30.0. The fourth-order valence-electron chi connectivity index (χ4n) is 10.6. The van der Waals surface area contributed by atoms with Crippen molar-refractivity contribution in [1.29, 1.82) is 0 Å². The van der Waals surface area contributed by atoms with Crippen LogP contribution in [0.4, 0.5) is 0 Å². The lowest BCUT2D eigenvalue weighted by molar-refractivity contribution is 0.656. The zero-order valence-electron chi connectivity index (χ0n) is 33.9. The van der Waals surface area contributed by atoms with Crippen LogP contribution in [0.3, 0.4) is 0 Å². The Morgan fingerprint density at radius 3 is 1.74 bits per heavy atom.